The van der Waals surface area contributed by atoms with Crippen LogP contribution < -0.4 is 31.8 Å². The second-order valence-electron chi connectivity index (χ2n) is 46.2. The van der Waals surface area contributed by atoms with Gasteiger partial charge in [-0.1, -0.05) is 187 Å². The molecule has 0 aliphatic carbocycles. The van der Waals surface area contributed by atoms with Crippen LogP contribution >= 0.6 is 0 Å². The maximum absolute atomic E-state index is 13.2. The van der Waals surface area contributed by atoms with Gasteiger partial charge in [-0.25, -0.2) is 39.5 Å². The van der Waals surface area contributed by atoms with E-state index < -0.39 is 0 Å². The summed E-state index contributed by atoms with van der Waals surface area (Å²) in [5.41, 5.74) is 8.80. The minimum Gasteiger partial charge on any atom is -0.333 e. The summed E-state index contributed by atoms with van der Waals surface area (Å²) < 4.78 is 5.56. The zero-order valence-electron chi connectivity index (χ0n) is 79.9. The number of hydrogen-bond acceptors (Lipinski definition) is 14. The van der Waals surface area contributed by atoms with Gasteiger partial charge >= 0.3 is 12.1 Å². The lowest BCUT2D eigenvalue weighted by molar-refractivity contribution is 0.136. The Morgan fingerprint density at radius 1 is 0.348 bits per heavy atom. The Kier molecular flexibility index (Phi) is 28.1. The van der Waals surface area contributed by atoms with Crippen molar-refractivity contribution in [2.75, 3.05) is 9.80 Å². The summed E-state index contributed by atoms with van der Waals surface area (Å²) in [5, 5.41) is 3.89. The fraction of sp³-hybridized carbons (Fsp3) is 0.660. The van der Waals surface area contributed by atoms with E-state index in [9.17, 15) is 24.0 Å². The molecule has 2 aliphatic heterocycles. The number of urea groups is 2. The summed E-state index contributed by atoms with van der Waals surface area (Å²) in [4.78, 5) is 112. The first-order chi connectivity index (χ1) is 51.2. The number of amides is 4. The van der Waals surface area contributed by atoms with Crippen molar-refractivity contribution in [2.45, 2.75) is 401 Å². The summed E-state index contributed by atoms with van der Waals surface area (Å²) in [6.45, 7) is 94.5. The van der Waals surface area contributed by atoms with E-state index in [-0.39, 0.29) is 105 Å². The van der Waals surface area contributed by atoms with E-state index in [2.05, 4.69) is 291 Å². The summed E-state index contributed by atoms with van der Waals surface area (Å²) in [5.74, 6) is 3.04. The van der Waals surface area contributed by atoms with E-state index in [1.807, 2.05) is 133 Å². The third kappa shape index (κ3) is 24.0. The van der Waals surface area contributed by atoms with Crippen LogP contribution in [0.3, 0.4) is 0 Å². The largest absolute Gasteiger partial charge is 0.333 e. The van der Waals surface area contributed by atoms with E-state index in [1.54, 1.807) is 21.9 Å². The summed E-state index contributed by atoms with van der Waals surface area (Å²) in [7, 11) is 0. The molecule has 0 aromatic carbocycles. The monoisotopic (exact) mass is 1580 g/mol. The van der Waals surface area contributed by atoms with Gasteiger partial charge < -0.3 is 14.8 Å². The molecule has 21 heteroatoms. The highest BCUT2D eigenvalue weighted by atomic mass is 16.2. The molecule has 115 heavy (non-hydrogen) atoms. The van der Waals surface area contributed by atoms with E-state index >= 15 is 0 Å². The minimum atomic E-state index is -0.387. The summed E-state index contributed by atoms with van der Waals surface area (Å²) >= 11 is 0. The van der Waals surface area contributed by atoms with Gasteiger partial charge in [0, 0.05) is 135 Å². The Morgan fingerprint density at radius 3 is 1.15 bits per heavy atom. The predicted molar refractivity (Wildman–Crippen MR) is 480 cm³/mol. The number of nitrogens with one attached hydrogen (secondary N) is 1. The first kappa shape index (κ1) is 97.2. The molecule has 4 amide bonds. The second-order valence-corrected chi connectivity index (χ2v) is 46.2. The molecule has 1 N–H and O–H groups in total. The minimum absolute atomic E-state index is 0.0106. The van der Waals surface area contributed by atoms with Gasteiger partial charge in [0.25, 0.3) is 16.7 Å². The van der Waals surface area contributed by atoms with Crippen molar-refractivity contribution in [1.82, 2.24) is 68.8 Å². The van der Waals surface area contributed by atoms with Crippen molar-refractivity contribution in [3.8, 4) is 0 Å². The Balaban J connectivity index is 0.000000254. The van der Waals surface area contributed by atoms with Crippen molar-refractivity contribution < 1.29 is 9.59 Å². The molecule has 0 radical (unpaired) electrons. The third-order valence-corrected chi connectivity index (χ3v) is 18.9. The van der Waals surface area contributed by atoms with Crippen molar-refractivity contribution in [2.24, 2.45) is 5.92 Å². The van der Waals surface area contributed by atoms with E-state index in [0.717, 1.165) is 79.0 Å². The lowest BCUT2D eigenvalue weighted by Gasteiger charge is -2.48. The summed E-state index contributed by atoms with van der Waals surface area (Å²) in [6, 6.07) is 8.18. The van der Waals surface area contributed by atoms with Crippen LogP contribution in [0.25, 0.3) is 33.1 Å². The molecule has 636 valence electrons. The number of carbonyl (C=O) groups excluding carboxylic acids is 2. The molecule has 0 fully saturated rings. The normalized spacial score (nSPS) is 14.5. The quantitative estimate of drug-likeness (QED) is 0.149. The smallest absolute Gasteiger partial charge is 0.325 e. The van der Waals surface area contributed by atoms with Crippen LogP contribution in [0.1, 0.15) is 368 Å². The van der Waals surface area contributed by atoms with Gasteiger partial charge in [0.2, 0.25) is 0 Å². The van der Waals surface area contributed by atoms with Crippen LogP contribution in [-0.4, -0.2) is 92.1 Å². The molecule has 0 saturated carbocycles. The van der Waals surface area contributed by atoms with Gasteiger partial charge in [0.1, 0.15) is 39.9 Å². The standard InChI is InChI=1S/C20H30N2O.C19H31N3O.C19H29N3O.C18H28N4O.C14H22N4O.C4H10/c1-18(2,3)14-10-13-12-21-16(19(4,5)6)11-15(13)22(17(14)23)20(7,8)9;1-17(2,3)15-10-14-13(11-20-15)12-21(18(4,5)6)16(23)22(14)19(7,8)9;1-17(2,3)14-10-13-12(11-20-14)21-15(18(4,5)6)16(23)22(13)19(7,8)9;1-16(2,3)12-14(23)22(18(7,8)9)13-11(20-12)10-19-15(21-13)17(4,5)6;1-13(2,3)11-15-7-9-8-16-12(19)18(10(9)17-11)14(4,5)6;1-4(2)3/h10-12H,1-9H3;10-11H,12H2,1-9H3;10-11H,1-9H3;10H,1-9H3;7H,8H2,1-6H3,(H,16,19);4H,1-3H3. The molecule has 10 heterocycles. The average molecular weight is 1580 g/mol. The maximum Gasteiger partial charge on any atom is 0.325 e. The van der Waals surface area contributed by atoms with Crippen molar-refractivity contribution in [1.29, 1.82) is 0 Å². The van der Waals surface area contributed by atoms with Gasteiger partial charge in [-0.3, -0.25) is 48.3 Å². The van der Waals surface area contributed by atoms with Gasteiger partial charge in [0.05, 0.1) is 35.7 Å². The molecule has 2 aliphatic rings. The van der Waals surface area contributed by atoms with E-state index in [0.29, 0.717) is 41.5 Å². The van der Waals surface area contributed by atoms with Gasteiger partial charge in [-0.2, -0.15) is 0 Å². The third-order valence-electron chi connectivity index (χ3n) is 18.9. The summed E-state index contributed by atoms with van der Waals surface area (Å²) in [6.07, 6.45) is 9.21. The van der Waals surface area contributed by atoms with Crippen molar-refractivity contribution in [3.63, 3.8) is 0 Å². The van der Waals surface area contributed by atoms with Gasteiger partial charge in [-0.15, -0.1) is 0 Å². The molecular weight excluding hydrogens is 1430 g/mol. The number of fused-ring (bicyclic) bond motifs is 5. The highest BCUT2D eigenvalue weighted by molar-refractivity contribution is 5.97. The van der Waals surface area contributed by atoms with Crippen molar-refractivity contribution >= 4 is 56.7 Å². The van der Waals surface area contributed by atoms with Crippen molar-refractivity contribution in [3.05, 3.63) is 143 Å². The second kappa shape index (κ2) is 33.2. The molecular formula is C94H150N16O5. The molecule has 0 atom stereocenters. The molecule has 8 aromatic rings. The Morgan fingerprint density at radius 2 is 0.730 bits per heavy atom. The van der Waals surface area contributed by atoms with Crippen LogP contribution in [0.4, 0.5) is 21.1 Å². The van der Waals surface area contributed by atoms with E-state index in [4.69, 9.17) is 0 Å². The number of carbonyl (C=O) groups is 2. The molecule has 21 nitrogen and oxygen atoms in total. The average Bonchev–Trinajstić information content (AvgIpc) is 0.761. The van der Waals surface area contributed by atoms with Crippen LogP contribution in [0.15, 0.2) is 69.6 Å². The lowest BCUT2D eigenvalue weighted by atomic mass is 9.86. The number of hydrogen-bond donors (Lipinski definition) is 1. The first-order valence-corrected chi connectivity index (χ1v) is 41.1. The zero-order chi connectivity index (χ0) is 89.2. The number of pyridine rings is 4. The zero-order valence-corrected chi connectivity index (χ0v) is 79.9. The van der Waals surface area contributed by atoms with Gasteiger partial charge in [-0.05, 0) is 160 Å². The molecule has 0 unspecified atom stereocenters. The molecule has 0 saturated heterocycles. The van der Waals surface area contributed by atoms with Crippen LogP contribution in [0.5, 0.6) is 0 Å². The molecule has 10 rings (SSSR count). The Bertz CT molecular complexity index is 4680. The molecule has 8 aromatic heterocycles. The lowest BCUT2D eigenvalue weighted by Crippen LogP contribution is -2.59. The van der Waals surface area contributed by atoms with E-state index in [1.165, 1.54) is 0 Å². The molecule has 0 bridgehead atoms. The number of aromatic nitrogens is 12. The highest BCUT2D eigenvalue weighted by Crippen LogP contribution is 2.40. The number of rotatable bonds is 0. The maximum atomic E-state index is 13.2. The first-order valence-electron chi connectivity index (χ1n) is 41.1. The topological polar surface area (TPSA) is 238 Å². The molecule has 0 spiro atoms. The van der Waals surface area contributed by atoms with Crippen LogP contribution in [0, 0.1) is 5.92 Å². The Labute approximate surface area is 691 Å². The number of anilines is 2. The Hall–Kier alpha value is -8.36. The fourth-order valence-corrected chi connectivity index (χ4v) is 12.8. The predicted octanol–water partition coefficient (Wildman–Crippen LogP) is 21.4. The highest BCUT2D eigenvalue weighted by Gasteiger charge is 2.43. The van der Waals surface area contributed by atoms with Crippen LogP contribution in [-0.2, 0) is 73.0 Å². The SMILES string of the molecule is CC(C)(C)c1cc2c(cn1)CN(C(C)(C)C)C(=O)N2C(C)(C)C.CC(C)(C)c1cc2c(cn1)cc(C(C)(C)C)c(=O)n2C(C)(C)C.CC(C)(C)c1cc2c(cn1)nc(C(C)(C)C)c(=O)n2C(C)(C)C.CC(C)(C)c1ncc2c(n1)N(C(C)(C)C)C(=O)NC2.CC(C)(C)c1ncc2nc(C(C)(C)C)c(=O)n(C(C)(C)C)c2n1.CC(C)C. The van der Waals surface area contributed by atoms with Gasteiger partial charge in [0.15, 0.2) is 5.65 Å². The van der Waals surface area contributed by atoms with Crippen LogP contribution in [0.2, 0.25) is 0 Å². The fourth-order valence-electron chi connectivity index (χ4n) is 12.8. The number of nitrogens with zero attached hydrogens (tertiary/aromatic N) is 15.